The van der Waals surface area contributed by atoms with Crippen molar-refractivity contribution in [3.05, 3.63) is 29.3 Å². The van der Waals surface area contributed by atoms with Crippen LogP contribution in [0.5, 0.6) is 0 Å². The van der Waals surface area contributed by atoms with Crippen LogP contribution >= 0.6 is 0 Å². The Hall–Kier alpha value is -2.04. The number of hydrogen-bond donors (Lipinski definition) is 2. The summed E-state index contributed by atoms with van der Waals surface area (Å²) in [4.78, 5) is 24.7. The molecular weight excluding hydrogens is 244 g/mol. The van der Waals surface area contributed by atoms with Gasteiger partial charge in [-0.2, -0.15) is 0 Å². The fourth-order valence-electron chi connectivity index (χ4n) is 2.15. The molecule has 0 aromatic heterocycles. The molecule has 1 heterocycles. The molecule has 1 amide bonds. The first-order valence-corrected chi connectivity index (χ1v) is 6.28. The predicted molar refractivity (Wildman–Crippen MR) is 71.8 cm³/mol. The van der Waals surface area contributed by atoms with Crippen LogP contribution in [-0.2, 0) is 4.79 Å². The number of carbonyl (C=O) groups excluding carboxylic acids is 1. The zero-order valence-corrected chi connectivity index (χ0v) is 11.1. The van der Waals surface area contributed by atoms with Crippen LogP contribution in [0.3, 0.4) is 0 Å². The number of benzene rings is 1. The quantitative estimate of drug-likeness (QED) is 0.806. The summed E-state index contributed by atoms with van der Waals surface area (Å²) in [5, 5.41) is 8.91. The fourth-order valence-corrected chi connectivity index (χ4v) is 2.15. The highest BCUT2D eigenvalue weighted by Gasteiger charge is 2.37. The van der Waals surface area contributed by atoms with E-state index in [0.717, 1.165) is 5.56 Å². The number of anilines is 1. The van der Waals surface area contributed by atoms with Crippen molar-refractivity contribution in [3.63, 3.8) is 0 Å². The van der Waals surface area contributed by atoms with Crippen LogP contribution in [0.1, 0.15) is 22.8 Å². The first-order valence-electron chi connectivity index (χ1n) is 6.28. The molecule has 2 rings (SSSR count). The monoisotopic (exact) mass is 262 g/mol. The minimum Gasteiger partial charge on any atom is -0.481 e. The van der Waals surface area contributed by atoms with Crippen molar-refractivity contribution in [1.82, 2.24) is 4.90 Å². The first-order chi connectivity index (χ1) is 8.90. The normalized spacial score (nSPS) is 16.8. The Bertz CT molecular complexity index is 521. The second-order valence-electron chi connectivity index (χ2n) is 5.17. The lowest BCUT2D eigenvalue weighted by Crippen LogP contribution is -2.53. The number of carbonyl (C=O) groups is 2. The largest absolute Gasteiger partial charge is 0.481 e. The molecule has 1 unspecified atom stereocenters. The van der Waals surface area contributed by atoms with E-state index in [9.17, 15) is 9.59 Å². The third kappa shape index (κ3) is 2.54. The summed E-state index contributed by atoms with van der Waals surface area (Å²) in [6, 6.07) is 5.24. The summed E-state index contributed by atoms with van der Waals surface area (Å²) >= 11 is 0. The average Bonchev–Trinajstić information content (AvgIpc) is 2.30. The molecule has 3 N–H and O–H groups in total. The molecule has 5 nitrogen and oxygen atoms in total. The van der Waals surface area contributed by atoms with E-state index >= 15 is 0 Å². The minimum atomic E-state index is -0.809. The van der Waals surface area contributed by atoms with Gasteiger partial charge in [-0.05, 0) is 24.6 Å². The van der Waals surface area contributed by atoms with Crippen molar-refractivity contribution in [2.45, 2.75) is 13.8 Å². The van der Waals surface area contributed by atoms with Crippen LogP contribution in [0, 0.1) is 18.8 Å². The molecule has 1 aliphatic heterocycles. The van der Waals surface area contributed by atoms with Crippen molar-refractivity contribution in [3.8, 4) is 0 Å². The van der Waals surface area contributed by atoms with E-state index < -0.39 is 11.9 Å². The standard InChI is InChI=1S/C14H18N2O3/c1-8-3-4-10(5-12(8)15)13(17)16-6-11(7-16)9(2)14(18)19/h3-5,9,11H,6-7,15H2,1-2H3,(H,18,19). The highest BCUT2D eigenvalue weighted by Crippen LogP contribution is 2.26. The maximum absolute atomic E-state index is 12.2. The van der Waals surface area contributed by atoms with Gasteiger partial charge in [0.25, 0.3) is 5.91 Å². The number of amides is 1. The molecular formula is C14H18N2O3. The smallest absolute Gasteiger partial charge is 0.306 e. The Morgan fingerprint density at radius 1 is 1.42 bits per heavy atom. The van der Waals surface area contributed by atoms with Gasteiger partial charge in [0.15, 0.2) is 0 Å². The van der Waals surface area contributed by atoms with Gasteiger partial charge in [-0.1, -0.05) is 13.0 Å². The number of nitrogens with two attached hydrogens (primary N) is 1. The van der Waals surface area contributed by atoms with Gasteiger partial charge >= 0.3 is 5.97 Å². The minimum absolute atomic E-state index is 0.0456. The molecule has 0 spiro atoms. The Balaban J connectivity index is 2.00. The van der Waals surface area contributed by atoms with Gasteiger partial charge in [0.2, 0.25) is 0 Å². The summed E-state index contributed by atoms with van der Waals surface area (Å²) in [7, 11) is 0. The number of aliphatic carboxylic acids is 1. The van der Waals surface area contributed by atoms with Crippen LogP contribution in [0.25, 0.3) is 0 Å². The molecule has 0 bridgehead atoms. The molecule has 1 aromatic rings. The van der Waals surface area contributed by atoms with Crippen LogP contribution in [-0.4, -0.2) is 35.0 Å². The molecule has 1 fully saturated rings. The van der Waals surface area contributed by atoms with E-state index in [-0.39, 0.29) is 11.8 Å². The molecule has 0 aliphatic carbocycles. The molecule has 19 heavy (non-hydrogen) atoms. The van der Waals surface area contributed by atoms with Gasteiger partial charge in [-0.25, -0.2) is 0 Å². The summed E-state index contributed by atoms with van der Waals surface area (Å²) in [5.41, 5.74) is 7.89. The number of rotatable bonds is 3. The topological polar surface area (TPSA) is 83.6 Å². The molecule has 102 valence electrons. The van der Waals surface area contributed by atoms with E-state index in [1.54, 1.807) is 24.0 Å². The van der Waals surface area contributed by atoms with E-state index in [0.29, 0.717) is 24.3 Å². The van der Waals surface area contributed by atoms with Crippen LogP contribution < -0.4 is 5.73 Å². The van der Waals surface area contributed by atoms with Crippen LogP contribution in [0.4, 0.5) is 5.69 Å². The van der Waals surface area contributed by atoms with Gasteiger partial charge in [0, 0.05) is 30.3 Å². The molecule has 0 saturated carbocycles. The van der Waals surface area contributed by atoms with Crippen LogP contribution in [0.15, 0.2) is 18.2 Å². The molecule has 1 aliphatic rings. The van der Waals surface area contributed by atoms with E-state index in [4.69, 9.17) is 10.8 Å². The summed E-state index contributed by atoms with van der Waals surface area (Å²) in [6.07, 6.45) is 0. The highest BCUT2D eigenvalue weighted by molar-refractivity contribution is 5.95. The lowest BCUT2D eigenvalue weighted by Gasteiger charge is -2.41. The lowest BCUT2D eigenvalue weighted by atomic mass is 9.86. The Kier molecular flexibility index (Phi) is 3.46. The molecule has 1 saturated heterocycles. The fraction of sp³-hybridized carbons (Fsp3) is 0.429. The molecule has 1 atom stereocenters. The van der Waals surface area contributed by atoms with Crippen molar-refractivity contribution in [1.29, 1.82) is 0 Å². The van der Waals surface area contributed by atoms with Gasteiger partial charge in [-0.15, -0.1) is 0 Å². The summed E-state index contributed by atoms with van der Waals surface area (Å²) in [6.45, 7) is 4.57. The zero-order chi connectivity index (χ0) is 14.2. The van der Waals surface area contributed by atoms with E-state index in [1.807, 2.05) is 13.0 Å². The summed E-state index contributed by atoms with van der Waals surface area (Å²) in [5.74, 6) is -1.26. The molecule has 1 aromatic carbocycles. The van der Waals surface area contributed by atoms with Crippen molar-refractivity contribution in [2.75, 3.05) is 18.8 Å². The van der Waals surface area contributed by atoms with Crippen molar-refractivity contribution >= 4 is 17.6 Å². The maximum Gasteiger partial charge on any atom is 0.306 e. The number of likely N-dealkylation sites (tertiary alicyclic amines) is 1. The SMILES string of the molecule is Cc1ccc(C(=O)N2CC(C(C)C(=O)O)C2)cc1N. The zero-order valence-electron chi connectivity index (χ0n) is 11.1. The van der Waals surface area contributed by atoms with Gasteiger partial charge in [-0.3, -0.25) is 9.59 Å². The van der Waals surface area contributed by atoms with Crippen molar-refractivity contribution < 1.29 is 14.7 Å². The van der Waals surface area contributed by atoms with Gasteiger partial charge < -0.3 is 15.7 Å². The van der Waals surface area contributed by atoms with Crippen LogP contribution in [0.2, 0.25) is 0 Å². The highest BCUT2D eigenvalue weighted by atomic mass is 16.4. The number of carboxylic acid groups (broad SMARTS) is 1. The number of aryl methyl sites for hydroxylation is 1. The third-order valence-corrected chi connectivity index (χ3v) is 3.82. The predicted octanol–water partition coefficient (Wildman–Crippen LogP) is 1.37. The Morgan fingerprint density at radius 2 is 2.05 bits per heavy atom. The summed E-state index contributed by atoms with van der Waals surface area (Å²) < 4.78 is 0. The van der Waals surface area contributed by atoms with E-state index in [2.05, 4.69) is 0 Å². The molecule has 0 radical (unpaired) electrons. The number of nitrogens with zero attached hydrogens (tertiary/aromatic N) is 1. The van der Waals surface area contributed by atoms with Crippen molar-refractivity contribution in [2.24, 2.45) is 11.8 Å². The average molecular weight is 262 g/mol. The number of nitrogen functional groups attached to an aromatic ring is 1. The number of carboxylic acids is 1. The van der Waals surface area contributed by atoms with Gasteiger partial charge in [0.1, 0.15) is 0 Å². The second kappa shape index (κ2) is 4.91. The Labute approximate surface area is 112 Å². The number of hydrogen-bond acceptors (Lipinski definition) is 3. The third-order valence-electron chi connectivity index (χ3n) is 3.82. The lowest BCUT2D eigenvalue weighted by molar-refractivity contribution is -0.144. The molecule has 5 heteroatoms. The first kappa shape index (κ1) is 13.4. The van der Waals surface area contributed by atoms with E-state index in [1.165, 1.54) is 0 Å². The maximum atomic E-state index is 12.2. The Morgan fingerprint density at radius 3 is 2.58 bits per heavy atom. The van der Waals surface area contributed by atoms with Gasteiger partial charge in [0.05, 0.1) is 5.92 Å². The second-order valence-corrected chi connectivity index (χ2v) is 5.17.